The third-order valence-corrected chi connectivity index (χ3v) is 28.0. The van der Waals surface area contributed by atoms with E-state index in [4.69, 9.17) is 4.43 Å². The van der Waals surface area contributed by atoms with Crippen molar-refractivity contribution in [2.24, 2.45) is 0 Å². The summed E-state index contributed by atoms with van der Waals surface area (Å²) in [5.41, 5.74) is 0. The molecule has 0 aliphatic carbocycles. The van der Waals surface area contributed by atoms with Gasteiger partial charge in [0.15, 0.2) is 34.8 Å². The molecule has 51 heavy (non-hydrogen) atoms. The van der Waals surface area contributed by atoms with E-state index in [-0.39, 0.29) is 0 Å². The highest BCUT2D eigenvalue weighted by molar-refractivity contribution is 6.80. The Kier molecular flexibility index (Phi) is 20.5. The Bertz CT molecular complexity index is 1310. The number of hydrogen-bond donors (Lipinski definition) is 0. The van der Waals surface area contributed by atoms with E-state index in [2.05, 4.69) is 48.1 Å². The van der Waals surface area contributed by atoms with Gasteiger partial charge in [-0.05, 0) is 24.2 Å². The van der Waals surface area contributed by atoms with Crippen molar-refractivity contribution in [2.75, 3.05) is 0 Å². The Morgan fingerprint density at radius 1 is 0.471 bits per heavy atom. The molecule has 0 aliphatic heterocycles. The molecule has 10 heteroatoms. The Labute approximate surface area is 310 Å². The summed E-state index contributed by atoms with van der Waals surface area (Å²) in [5, 5.41) is -2.06. The molecule has 0 heterocycles. The quantitative estimate of drug-likeness (QED) is 0.0275. The van der Waals surface area contributed by atoms with Gasteiger partial charge in [-0.3, -0.25) is 0 Å². The lowest BCUT2D eigenvalue weighted by Gasteiger charge is -2.35. The molecule has 0 bridgehead atoms. The zero-order chi connectivity index (χ0) is 38.1. The second-order valence-electron chi connectivity index (χ2n) is 15.9. The summed E-state index contributed by atoms with van der Waals surface area (Å²) in [6, 6.07) is 11.0. The number of benzene rings is 2. The Morgan fingerprint density at radius 2 is 0.941 bits per heavy atom. The van der Waals surface area contributed by atoms with Crippen LogP contribution < -0.4 is 4.43 Å². The predicted molar refractivity (Wildman–Crippen MR) is 214 cm³/mol. The minimum absolute atomic E-state index is 0.319. The molecule has 1 unspecified atom stereocenters. The third kappa shape index (κ3) is 13.2. The highest BCUT2D eigenvalue weighted by Crippen LogP contribution is 2.41. The first-order valence-corrected chi connectivity index (χ1v) is 29.1. The number of hydrogen-bond acceptors (Lipinski definition) is 1. The minimum Gasteiger partial charge on any atom is -0.539 e. The molecule has 2 aromatic carbocycles. The van der Waals surface area contributed by atoms with Crippen LogP contribution in [0.4, 0.5) is 26.3 Å². The van der Waals surface area contributed by atoms with E-state index >= 15 is 13.2 Å². The van der Waals surface area contributed by atoms with Gasteiger partial charge in [-0.1, -0.05) is 180 Å². The molecule has 0 spiro atoms. The number of unbranched alkanes of at least 4 members (excludes halogenated alkanes) is 11. The van der Waals surface area contributed by atoms with E-state index in [1.54, 1.807) is 0 Å². The van der Waals surface area contributed by atoms with Crippen molar-refractivity contribution in [1.29, 1.82) is 0 Å². The summed E-state index contributed by atoms with van der Waals surface area (Å²) < 4.78 is 97.1. The second-order valence-corrected chi connectivity index (χ2v) is 31.1. The van der Waals surface area contributed by atoms with Crippen molar-refractivity contribution in [3.05, 3.63) is 41.0 Å². The molecule has 0 N–H and O–H groups in total. The molecule has 1 nitrogen and oxygen atoms in total. The van der Waals surface area contributed by atoms with Crippen LogP contribution in [0.25, 0.3) is 10.8 Å². The van der Waals surface area contributed by atoms with E-state index in [9.17, 15) is 13.2 Å². The van der Waals surface area contributed by atoms with Crippen molar-refractivity contribution in [1.82, 2.24) is 0 Å². The van der Waals surface area contributed by atoms with Gasteiger partial charge in [0.25, 0.3) is 8.32 Å². The molecule has 2 aromatic rings. The van der Waals surface area contributed by atoms with Gasteiger partial charge >= 0.3 is 0 Å². The fourth-order valence-corrected chi connectivity index (χ4v) is 18.5. The van der Waals surface area contributed by atoms with Crippen LogP contribution in [0.5, 0.6) is 5.75 Å². The third-order valence-electron chi connectivity index (χ3n) is 12.7. The SMILES string of the molecule is CCCCCCCCC[Si](CCCCCCCC[Si](C)(CC)CC)(CCC[Si](CC)(CC)CC)Oc1c(F)c(F)c2cc(F)c(F)c(F)c2c1F. The van der Waals surface area contributed by atoms with Crippen LogP contribution in [0.2, 0.25) is 67.0 Å². The van der Waals surface area contributed by atoms with Crippen molar-refractivity contribution in [2.45, 2.75) is 198 Å². The molecule has 0 aromatic heterocycles. The molecular weight excluding hydrogens is 707 g/mol. The molecule has 0 amide bonds. The first-order valence-electron chi connectivity index (χ1n) is 20.6. The highest BCUT2D eigenvalue weighted by Gasteiger charge is 2.40. The molecule has 294 valence electrons. The average Bonchev–Trinajstić information content (AvgIpc) is 3.13. The molecule has 0 radical (unpaired) electrons. The smallest absolute Gasteiger partial charge is 0.251 e. The summed E-state index contributed by atoms with van der Waals surface area (Å²) in [7, 11) is -5.57. The predicted octanol–water partition coefficient (Wildman–Crippen LogP) is 16.1. The van der Waals surface area contributed by atoms with Crippen molar-refractivity contribution < 1.29 is 30.8 Å². The summed E-state index contributed by atoms with van der Waals surface area (Å²) >= 11 is 0. The molecule has 0 saturated heterocycles. The largest absolute Gasteiger partial charge is 0.539 e. The maximum atomic E-state index is 16.1. The Balaban J connectivity index is 2.42. The molecule has 2 rings (SSSR count). The Hall–Kier alpha value is -1.27. The lowest BCUT2D eigenvalue weighted by atomic mass is 10.1. The zero-order valence-electron chi connectivity index (χ0n) is 33.2. The monoisotopic (exact) mass is 776 g/mol. The van der Waals surface area contributed by atoms with Gasteiger partial charge in [-0.25, -0.2) is 22.0 Å². The van der Waals surface area contributed by atoms with E-state index in [1.807, 2.05) is 0 Å². The lowest BCUT2D eigenvalue weighted by molar-refractivity contribution is 0.407. The first-order chi connectivity index (χ1) is 24.3. The van der Waals surface area contributed by atoms with Crippen LogP contribution in [0.15, 0.2) is 6.07 Å². The van der Waals surface area contributed by atoms with Crippen LogP contribution >= 0.6 is 0 Å². The van der Waals surface area contributed by atoms with Crippen LogP contribution in [0, 0.1) is 34.9 Å². The number of halogens is 6. The summed E-state index contributed by atoms with van der Waals surface area (Å²) in [5.74, 6) is -11.1. The van der Waals surface area contributed by atoms with E-state index in [1.165, 1.54) is 61.9 Å². The second kappa shape index (κ2) is 22.8. The van der Waals surface area contributed by atoms with Crippen LogP contribution in [0.1, 0.15) is 131 Å². The zero-order valence-corrected chi connectivity index (χ0v) is 36.2. The van der Waals surface area contributed by atoms with Crippen LogP contribution in [-0.4, -0.2) is 24.5 Å². The summed E-state index contributed by atoms with van der Waals surface area (Å²) in [6.45, 7) is 16.2. The van der Waals surface area contributed by atoms with E-state index in [0.717, 1.165) is 70.3 Å². The van der Waals surface area contributed by atoms with E-state index < -0.39 is 75.9 Å². The first kappa shape index (κ1) is 45.9. The average molecular weight is 777 g/mol. The van der Waals surface area contributed by atoms with Gasteiger partial charge in [0.05, 0.1) is 13.5 Å². The van der Waals surface area contributed by atoms with Crippen LogP contribution in [-0.2, 0) is 0 Å². The maximum absolute atomic E-state index is 16.1. The standard InChI is InChI=1S/C41H70F6OSi3/c1-8-14-15-16-17-21-24-29-51(31-26-28-50(11-4,12-5)13-6,30-25-22-19-18-20-23-27-49(7,9-2)10-3)48-41-39(46)35-33(36(43)40(41)47)32-34(42)37(44)38(35)45/h32H,8-31H2,1-7H3. The van der Waals surface area contributed by atoms with Crippen LogP contribution in [0.3, 0.4) is 0 Å². The van der Waals surface area contributed by atoms with Crippen molar-refractivity contribution >= 4 is 35.2 Å². The minimum atomic E-state index is -2.98. The summed E-state index contributed by atoms with van der Waals surface area (Å²) in [6.07, 6.45) is 15.0. The summed E-state index contributed by atoms with van der Waals surface area (Å²) in [4.78, 5) is 0. The van der Waals surface area contributed by atoms with Gasteiger partial charge in [0, 0.05) is 13.5 Å². The molecule has 0 fully saturated rings. The van der Waals surface area contributed by atoms with Gasteiger partial charge < -0.3 is 4.43 Å². The topological polar surface area (TPSA) is 9.23 Å². The number of rotatable bonds is 28. The highest BCUT2D eigenvalue weighted by atomic mass is 28.4. The van der Waals surface area contributed by atoms with E-state index in [0.29, 0.717) is 24.2 Å². The molecular formula is C41H70F6OSi3. The molecule has 0 aliphatic rings. The lowest BCUT2D eigenvalue weighted by Crippen LogP contribution is -2.43. The van der Waals surface area contributed by atoms with Gasteiger partial charge in [-0.2, -0.15) is 4.39 Å². The molecule has 1 atom stereocenters. The number of fused-ring (bicyclic) bond motifs is 1. The van der Waals surface area contributed by atoms with Gasteiger partial charge in [0.2, 0.25) is 5.82 Å². The van der Waals surface area contributed by atoms with Crippen molar-refractivity contribution in [3.63, 3.8) is 0 Å². The molecule has 0 saturated carbocycles. The van der Waals surface area contributed by atoms with Gasteiger partial charge in [-0.15, -0.1) is 0 Å². The van der Waals surface area contributed by atoms with Crippen molar-refractivity contribution in [3.8, 4) is 5.75 Å². The fraction of sp³-hybridized carbons (Fsp3) is 0.756. The fourth-order valence-electron chi connectivity index (χ4n) is 8.02. The van der Waals surface area contributed by atoms with Gasteiger partial charge in [0.1, 0.15) is 0 Å². The maximum Gasteiger partial charge on any atom is 0.251 e. The normalized spacial score (nSPS) is 13.7. The Morgan fingerprint density at radius 3 is 1.43 bits per heavy atom.